The number of carbonyl (C=O) groups is 1. The normalized spacial score (nSPS) is 17.3. The smallest absolute Gasteiger partial charge is 0.322 e. The molecule has 1 unspecified atom stereocenters. The van der Waals surface area contributed by atoms with Crippen molar-refractivity contribution in [3.8, 4) is 0 Å². The highest BCUT2D eigenvalue weighted by molar-refractivity contribution is 5.89. The van der Waals surface area contributed by atoms with Gasteiger partial charge in [-0.2, -0.15) is 0 Å². The van der Waals surface area contributed by atoms with Crippen molar-refractivity contribution < 1.29 is 14.2 Å². The van der Waals surface area contributed by atoms with E-state index in [-0.39, 0.29) is 17.8 Å². The van der Waals surface area contributed by atoms with Gasteiger partial charge in [0.15, 0.2) is 0 Å². The topological polar surface area (TPSA) is 102 Å². The molecule has 1 saturated heterocycles. The van der Waals surface area contributed by atoms with Gasteiger partial charge in [0, 0.05) is 30.4 Å². The van der Waals surface area contributed by atoms with Crippen LogP contribution in [-0.2, 0) is 0 Å². The molecular weight excluding hydrogens is 300 g/mol. The summed E-state index contributed by atoms with van der Waals surface area (Å²) in [7, 11) is 0. The molecule has 2 heterocycles. The molecule has 8 heteroatoms. The van der Waals surface area contributed by atoms with Crippen molar-refractivity contribution in [2.45, 2.75) is 25.8 Å². The number of aromatic nitrogens is 1. The lowest BCUT2D eigenvalue weighted by atomic mass is 10.1. The van der Waals surface area contributed by atoms with Gasteiger partial charge >= 0.3 is 6.03 Å². The zero-order valence-electron chi connectivity index (χ0n) is 12.6. The second kappa shape index (κ2) is 6.07. The van der Waals surface area contributed by atoms with Crippen molar-refractivity contribution in [2.75, 3.05) is 11.9 Å². The minimum atomic E-state index is -0.477. The zero-order chi connectivity index (χ0) is 16.4. The second-order valence-corrected chi connectivity index (χ2v) is 5.45. The Bertz CT molecular complexity index is 725. The highest BCUT2D eigenvalue weighted by atomic mass is 16.6. The molecule has 0 bridgehead atoms. The molecule has 1 N–H and O–H groups in total. The van der Waals surface area contributed by atoms with Gasteiger partial charge in [0.05, 0.1) is 11.0 Å². The van der Waals surface area contributed by atoms with Crippen LogP contribution in [0.4, 0.5) is 16.2 Å². The number of nitrogens with one attached hydrogen (secondary N) is 1. The monoisotopic (exact) mass is 316 g/mol. The number of amides is 2. The Labute approximate surface area is 132 Å². The largest absolute Gasteiger partial charge is 0.361 e. The first-order valence-electron chi connectivity index (χ1n) is 7.30. The molecule has 1 atom stereocenters. The first-order chi connectivity index (χ1) is 11.0. The summed E-state index contributed by atoms with van der Waals surface area (Å²) in [5, 5.41) is 17.4. The molecule has 0 saturated carbocycles. The van der Waals surface area contributed by atoms with Crippen LogP contribution in [0.3, 0.4) is 0 Å². The van der Waals surface area contributed by atoms with E-state index in [4.69, 9.17) is 4.52 Å². The fourth-order valence-corrected chi connectivity index (χ4v) is 2.72. The highest BCUT2D eigenvalue weighted by Crippen LogP contribution is 2.32. The van der Waals surface area contributed by atoms with Crippen LogP contribution in [0.2, 0.25) is 0 Å². The fraction of sp³-hybridized carbons (Fsp3) is 0.333. The average Bonchev–Trinajstić information content (AvgIpc) is 3.16. The van der Waals surface area contributed by atoms with E-state index in [1.165, 1.54) is 24.3 Å². The third-order valence-corrected chi connectivity index (χ3v) is 3.83. The van der Waals surface area contributed by atoms with E-state index in [0.717, 1.165) is 18.5 Å². The van der Waals surface area contributed by atoms with Crippen molar-refractivity contribution >= 4 is 17.4 Å². The van der Waals surface area contributed by atoms with Crippen molar-refractivity contribution in [3.63, 3.8) is 0 Å². The molecular formula is C15H16N4O4. The summed E-state index contributed by atoms with van der Waals surface area (Å²) in [6.45, 7) is 2.45. The molecule has 0 spiro atoms. The summed E-state index contributed by atoms with van der Waals surface area (Å²) >= 11 is 0. The van der Waals surface area contributed by atoms with Crippen molar-refractivity contribution in [2.24, 2.45) is 0 Å². The Hall–Kier alpha value is -2.90. The molecule has 2 aromatic rings. The number of nitrogens with zero attached hydrogens (tertiary/aromatic N) is 3. The van der Waals surface area contributed by atoms with Crippen LogP contribution in [0.5, 0.6) is 0 Å². The van der Waals surface area contributed by atoms with E-state index < -0.39 is 4.92 Å². The van der Waals surface area contributed by atoms with Crippen molar-refractivity contribution in [1.82, 2.24) is 10.1 Å². The first-order valence-corrected chi connectivity index (χ1v) is 7.30. The van der Waals surface area contributed by atoms with E-state index in [0.29, 0.717) is 18.0 Å². The lowest BCUT2D eigenvalue weighted by molar-refractivity contribution is -0.384. The first kappa shape index (κ1) is 15.0. The van der Waals surface area contributed by atoms with Crippen LogP contribution < -0.4 is 5.32 Å². The van der Waals surface area contributed by atoms with Gasteiger partial charge in [-0.05, 0) is 31.9 Å². The Balaban J connectivity index is 1.70. The number of hydrogen-bond acceptors (Lipinski definition) is 5. The summed E-state index contributed by atoms with van der Waals surface area (Å²) in [6.07, 6.45) is 1.73. The van der Waals surface area contributed by atoms with Crippen LogP contribution in [0.15, 0.2) is 34.9 Å². The number of benzene rings is 1. The Kier molecular flexibility index (Phi) is 3.96. The summed E-state index contributed by atoms with van der Waals surface area (Å²) in [5.74, 6) is 0.711. The van der Waals surface area contributed by atoms with Crippen LogP contribution >= 0.6 is 0 Å². The van der Waals surface area contributed by atoms with Crippen molar-refractivity contribution in [3.05, 3.63) is 51.9 Å². The van der Waals surface area contributed by atoms with Gasteiger partial charge in [-0.3, -0.25) is 10.1 Å². The van der Waals surface area contributed by atoms with Crippen LogP contribution in [0.25, 0.3) is 0 Å². The summed E-state index contributed by atoms with van der Waals surface area (Å²) in [6, 6.07) is 7.23. The third kappa shape index (κ3) is 3.15. The Morgan fingerprint density at radius 3 is 2.78 bits per heavy atom. The van der Waals surface area contributed by atoms with Gasteiger partial charge in [-0.25, -0.2) is 4.79 Å². The maximum atomic E-state index is 12.4. The standard InChI is InChI=1S/C15H16N4O4/c1-10-9-13(17-23-10)14-3-2-8-18(14)15(20)16-11-4-6-12(7-5-11)19(21)22/h4-7,9,14H,2-3,8H2,1H3,(H,16,20). The van der Waals surface area contributed by atoms with Gasteiger partial charge < -0.3 is 14.7 Å². The number of non-ortho nitro benzene ring substituents is 1. The fourth-order valence-electron chi connectivity index (χ4n) is 2.72. The van der Waals surface area contributed by atoms with Crippen LogP contribution in [-0.4, -0.2) is 27.6 Å². The summed E-state index contributed by atoms with van der Waals surface area (Å²) in [4.78, 5) is 24.3. The lowest BCUT2D eigenvalue weighted by Crippen LogP contribution is -2.34. The number of aryl methyl sites for hydroxylation is 1. The van der Waals surface area contributed by atoms with E-state index in [1.807, 2.05) is 13.0 Å². The summed E-state index contributed by atoms with van der Waals surface area (Å²) < 4.78 is 5.09. The molecule has 8 nitrogen and oxygen atoms in total. The van der Waals surface area contributed by atoms with E-state index >= 15 is 0 Å². The van der Waals surface area contributed by atoms with Gasteiger partial charge in [0.2, 0.25) is 0 Å². The highest BCUT2D eigenvalue weighted by Gasteiger charge is 2.32. The van der Waals surface area contributed by atoms with Gasteiger partial charge in [-0.1, -0.05) is 5.16 Å². The number of hydrogen-bond donors (Lipinski definition) is 1. The number of nitro benzene ring substituents is 1. The SMILES string of the molecule is Cc1cc(C2CCCN2C(=O)Nc2ccc([N+](=O)[O-])cc2)no1. The predicted octanol–water partition coefficient (Wildman–Crippen LogP) is 3.26. The second-order valence-electron chi connectivity index (χ2n) is 5.45. The quantitative estimate of drug-likeness (QED) is 0.691. The maximum absolute atomic E-state index is 12.4. The molecule has 2 amide bonds. The molecule has 1 aliphatic heterocycles. The number of rotatable bonds is 3. The van der Waals surface area contributed by atoms with Crippen molar-refractivity contribution in [1.29, 1.82) is 0 Å². The molecule has 3 rings (SSSR count). The lowest BCUT2D eigenvalue weighted by Gasteiger charge is -2.23. The molecule has 1 aliphatic rings. The maximum Gasteiger partial charge on any atom is 0.322 e. The molecule has 1 aromatic carbocycles. The van der Waals surface area contributed by atoms with Gasteiger partial charge in [0.1, 0.15) is 11.5 Å². The number of urea groups is 1. The predicted molar refractivity (Wildman–Crippen MR) is 82.0 cm³/mol. The number of carbonyl (C=O) groups excluding carboxylic acids is 1. The van der Waals surface area contributed by atoms with Crippen LogP contribution in [0, 0.1) is 17.0 Å². The minimum absolute atomic E-state index is 0.0138. The molecule has 0 aliphatic carbocycles. The number of likely N-dealkylation sites (tertiary alicyclic amines) is 1. The minimum Gasteiger partial charge on any atom is -0.361 e. The zero-order valence-corrected chi connectivity index (χ0v) is 12.6. The number of anilines is 1. The van der Waals surface area contributed by atoms with Crippen LogP contribution in [0.1, 0.15) is 30.3 Å². The van der Waals surface area contributed by atoms with E-state index in [9.17, 15) is 14.9 Å². The Morgan fingerprint density at radius 1 is 1.43 bits per heavy atom. The molecule has 1 aromatic heterocycles. The van der Waals surface area contributed by atoms with E-state index in [1.54, 1.807) is 4.90 Å². The molecule has 1 fully saturated rings. The summed E-state index contributed by atoms with van der Waals surface area (Å²) in [5.41, 5.74) is 1.25. The molecule has 23 heavy (non-hydrogen) atoms. The third-order valence-electron chi connectivity index (χ3n) is 3.83. The number of nitro groups is 1. The van der Waals surface area contributed by atoms with Gasteiger partial charge in [-0.15, -0.1) is 0 Å². The average molecular weight is 316 g/mol. The van der Waals surface area contributed by atoms with E-state index in [2.05, 4.69) is 10.5 Å². The van der Waals surface area contributed by atoms with Gasteiger partial charge in [0.25, 0.3) is 5.69 Å². The molecule has 0 radical (unpaired) electrons. The Morgan fingerprint density at radius 2 is 2.17 bits per heavy atom. The molecule has 120 valence electrons.